The van der Waals surface area contributed by atoms with E-state index in [1.807, 2.05) is 37.8 Å². The highest BCUT2D eigenvalue weighted by molar-refractivity contribution is 7.22. The number of hydrogen-bond donors (Lipinski definition) is 1. The second kappa shape index (κ2) is 4.79. The quantitative estimate of drug-likeness (QED) is 0.805. The summed E-state index contributed by atoms with van der Waals surface area (Å²) in [5, 5.41) is 14.8. The van der Waals surface area contributed by atoms with Crippen LogP contribution in [0, 0.1) is 6.92 Å². The SMILES string of the molecule is Cc1nn(C)c2nc(N(C)Cc3cccc(O)c3)sc12. The minimum atomic E-state index is 0.292. The first-order chi connectivity index (χ1) is 9.54. The van der Waals surface area contributed by atoms with Crippen LogP contribution in [0.3, 0.4) is 0 Å². The fourth-order valence-electron chi connectivity index (χ4n) is 2.23. The number of anilines is 1. The van der Waals surface area contributed by atoms with Crippen LogP contribution < -0.4 is 4.90 Å². The molecule has 0 fully saturated rings. The van der Waals surface area contributed by atoms with Crippen LogP contribution >= 0.6 is 11.3 Å². The molecule has 104 valence electrons. The summed E-state index contributed by atoms with van der Waals surface area (Å²) in [4.78, 5) is 6.72. The summed E-state index contributed by atoms with van der Waals surface area (Å²) in [7, 11) is 3.92. The molecule has 2 aromatic heterocycles. The van der Waals surface area contributed by atoms with E-state index in [9.17, 15) is 5.11 Å². The van der Waals surface area contributed by atoms with Gasteiger partial charge in [0.1, 0.15) is 5.75 Å². The molecule has 1 aromatic carbocycles. The Bertz CT molecular complexity index is 727. The Morgan fingerprint density at radius 1 is 1.40 bits per heavy atom. The Kier molecular flexibility index (Phi) is 3.10. The Labute approximate surface area is 121 Å². The third-order valence-electron chi connectivity index (χ3n) is 3.19. The Balaban J connectivity index is 1.88. The van der Waals surface area contributed by atoms with Crippen LogP contribution in [0.25, 0.3) is 10.3 Å². The predicted molar refractivity (Wildman–Crippen MR) is 81.3 cm³/mol. The summed E-state index contributed by atoms with van der Waals surface area (Å²) in [5.74, 6) is 0.292. The summed E-state index contributed by atoms with van der Waals surface area (Å²) in [6.45, 7) is 2.71. The first kappa shape index (κ1) is 12.9. The van der Waals surface area contributed by atoms with Crippen LogP contribution in [0.1, 0.15) is 11.3 Å². The van der Waals surface area contributed by atoms with Crippen molar-refractivity contribution >= 4 is 26.8 Å². The number of rotatable bonds is 3. The highest BCUT2D eigenvalue weighted by Crippen LogP contribution is 2.30. The fourth-order valence-corrected chi connectivity index (χ4v) is 3.23. The van der Waals surface area contributed by atoms with Crippen molar-refractivity contribution in [2.75, 3.05) is 11.9 Å². The Morgan fingerprint density at radius 2 is 2.20 bits per heavy atom. The van der Waals surface area contributed by atoms with Gasteiger partial charge >= 0.3 is 0 Å². The molecular weight excluding hydrogens is 272 g/mol. The maximum absolute atomic E-state index is 9.51. The molecule has 5 nitrogen and oxygen atoms in total. The molecule has 0 amide bonds. The maximum Gasteiger partial charge on any atom is 0.188 e. The van der Waals surface area contributed by atoms with Gasteiger partial charge in [-0.05, 0) is 24.6 Å². The van der Waals surface area contributed by atoms with Crippen molar-refractivity contribution in [3.05, 3.63) is 35.5 Å². The smallest absolute Gasteiger partial charge is 0.188 e. The molecule has 1 N–H and O–H groups in total. The van der Waals surface area contributed by atoms with Gasteiger partial charge in [0.15, 0.2) is 10.8 Å². The number of hydrogen-bond acceptors (Lipinski definition) is 5. The largest absolute Gasteiger partial charge is 0.508 e. The molecule has 0 saturated carbocycles. The maximum atomic E-state index is 9.51. The number of phenolic OH excluding ortho intramolecular Hbond substituents is 1. The lowest BCUT2D eigenvalue weighted by Crippen LogP contribution is -2.16. The number of fused-ring (bicyclic) bond motifs is 1. The summed E-state index contributed by atoms with van der Waals surface area (Å²) in [6.07, 6.45) is 0. The van der Waals surface area contributed by atoms with Gasteiger partial charge in [-0.25, -0.2) is 9.67 Å². The summed E-state index contributed by atoms with van der Waals surface area (Å²) >= 11 is 1.65. The molecule has 0 atom stereocenters. The minimum Gasteiger partial charge on any atom is -0.508 e. The van der Waals surface area contributed by atoms with Crippen LogP contribution in [0.2, 0.25) is 0 Å². The zero-order chi connectivity index (χ0) is 14.3. The Hall–Kier alpha value is -2.08. The van der Waals surface area contributed by atoms with Crippen molar-refractivity contribution in [3.8, 4) is 5.75 Å². The molecule has 0 radical (unpaired) electrons. The van der Waals surface area contributed by atoms with Crippen LogP contribution in [0.15, 0.2) is 24.3 Å². The molecule has 2 heterocycles. The highest BCUT2D eigenvalue weighted by Gasteiger charge is 2.14. The van der Waals surface area contributed by atoms with E-state index in [0.717, 1.165) is 26.7 Å². The number of thiazole rings is 1. The monoisotopic (exact) mass is 288 g/mol. The molecule has 3 aromatic rings. The third-order valence-corrected chi connectivity index (χ3v) is 4.46. The average molecular weight is 288 g/mol. The van der Waals surface area contributed by atoms with Gasteiger partial charge < -0.3 is 10.0 Å². The molecule has 0 saturated heterocycles. The second-order valence-corrected chi connectivity index (χ2v) is 5.86. The van der Waals surface area contributed by atoms with Gasteiger partial charge in [-0.3, -0.25) is 0 Å². The number of benzene rings is 1. The van der Waals surface area contributed by atoms with Crippen molar-refractivity contribution in [1.82, 2.24) is 14.8 Å². The van der Waals surface area contributed by atoms with Crippen LogP contribution in [0.5, 0.6) is 5.75 Å². The van der Waals surface area contributed by atoms with Crippen molar-refractivity contribution < 1.29 is 5.11 Å². The number of nitrogens with zero attached hydrogens (tertiary/aromatic N) is 4. The van der Waals surface area contributed by atoms with E-state index >= 15 is 0 Å². The van der Waals surface area contributed by atoms with E-state index in [1.54, 1.807) is 23.5 Å². The standard InChI is InChI=1S/C14H16N4OS/c1-9-12-13(18(3)16-9)15-14(20-12)17(2)8-10-5-4-6-11(19)7-10/h4-7,19H,8H2,1-3H3. The van der Waals surface area contributed by atoms with E-state index in [0.29, 0.717) is 12.3 Å². The number of aryl methyl sites for hydroxylation is 2. The lowest BCUT2D eigenvalue weighted by atomic mass is 10.2. The summed E-state index contributed by atoms with van der Waals surface area (Å²) < 4.78 is 2.94. The highest BCUT2D eigenvalue weighted by atomic mass is 32.1. The van der Waals surface area contributed by atoms with E-state index in [-0.39, 0.29) is 0 Å². The van der Waals surface area contributed by atoms with E-state index < -0.39 is 0 Å². The third kappa shape index (κ3) is 2.22. The van der Waals surface area contributed by atoms with E-state index in [1.165, 1.54) is 0 Å². The second-order valence-electron chi connectivity index (χ2n) is 4.88. The number of aromatic hydroxyl groups is 1. The van der Waals surface area contributed by atoms with Gasteiger partial charge in [0.25, 0.3) is 0 Å². The minimum absolute atomic E-state index is 0.292. The molecule has 0 aliphatic rings. The van der Waals surface area contributed by atoms with Crippen molar-refractivity contribution in [1.29, 1.82) is 0 Å². The first-order valence-corrected chi connectivity index (χ1v) is 7.15. The molecule has 0 aliphatic heterocycles. The number of phenols is 1. The van der Waals surface area contributed by atoms with E-state index in [2.05, 4.69) is 15.0 Å². The van der Waals surface area contributed by atoms with Gasteiger partial charge in [0, 0.05) is 20.6 Å². The molecule has 6 heteroatoms. The van der Waals surface area contributed by atoms with Gasteiger partial charge in [-0.2, -0.15) is 5.10 Å². The fraction of sp³-hybridized carbons (Fsp3) is 0.286. The lowest BCUT2D eigenvalue weighted by molar-refractivity contribution is 0.474. The average Bonchev–Trinajstić information content (AvgIpc) is 2.92. The molecule has 20 heavy (non-hydrogen) atoms. The predicted octanol–water partition coefficient (Wildman–Crippen LogP) is 2.68. The van der Waals surface area contributed by atoms with Gasteiger partial charge in [0.05, 0.1) is 10.4 Å². The van der Waals surface area contributed by atoms with Gasteiger partial charge in [0.2, 0.25) is 0 Å². The topological polar surface area (TPSA) is 54.2 Å². The zero-order valence-electron chi connectivity index (χ0n) is 11.7. The lowest BCUT2D eigenvalue weighted by Gasteiger charge is -2.15. The molecule has 0 spiro atoms. The van der Waals surface area contributed by atoms with E-state index in [4.69, 9.17) is 0 Å². The van der Waals surface area contributed by atoms with Crippen LogP contribution in [-0.2, 0) is 13.6 Å². The number of aromatic nitrogens is 3. The first-order valence-electron chi connectivity index (χ1n) is 6.34. The van der Waals surface area contributed by atoms with Crippen LogP contribution in [-0.4, -0.2) is 26.9 Å². The Morgan fingerprint density at radius 3 is 2.90 bits per heavy atom. The van der Waals surface area contributed by atoms with Gasteiger partial charge in [-0.1, -0.05) is 23.5 Å². The van der Waals surface area contributed by atoms with Crippen molar-refractivity contribution in [2.45, 2.75) is 13.5 Å². The van der Waals surface area contributed by atoms with Crippen LogP contribution in [0.4, 0.5) is 5.13 Å². The summed E-state index contributed by atoms with van der Waals surface area (Å²) in [5.41, 5.74) is 2.99. The molecule has 0 unspecified atom stereocenters. The van der Waals surface area contributed by atoms with Crippen molar-refractivity contribution in [3.63, 3.8) is 0 Å². The van der Waals surface area contributed by atoms with Crippen molar-refractivity contribution in [2.24, 2.45) is 7.05 Å². The molecule has 0 bridgehead atoms. The molecular formula is C14H16N4OS. The summed E-state index contributed by atoms with van der Waals surface area (Å²) in [6, 6.07) is 7.30. The normalized spacial score (nSPS) is 11.2. The molecule has 3 rings (SSSR count). The zero-order valence-corrected chi connectivity index (χ0v) is 12.5. The van der Waals surface area contributed by atoms with Gasteiger partial charge in [-0.15, -0.1) is 0 Å². The molecule has 0 aliphatic carbocycles.